The normalized spacial score (nSPS) is 27.3. The summed E-state index contributed by atoms with van der Waals surface area (Å²) in [6.07, 6.45) is 7.23. The quantitative estimate of drug-likeness (QED) is 0.705. The topological polar surface area (TPSA) is 41.1 Å². The average molecular weight is 196 g/mol. The SMILES string of the molecule is O=C(NCCC1CCCCN1)C1CC1. The van der Waals surface area contributed by atoms with Crippen LogP contribution in [0.4, 0.5) is 0 Å². The molecule has 2 aliphatic rings. The van der Waals surface area contributed by atoms with Gasteiger partial charge in [0.15, 0.2) is 0 Å². The van der Waals surface area contributed by atoms with Gasteiger partial charge in [0, 0.05) is 18.5 Å². The van der Waals surface area contributed by atoms with Crippen molar-refractivity contribution in [1.29, 1.82) is 0 Å². The Labute approximate surface area is 85.6 Å². The molecule has 2 rings (SSSR count). The summed E-state index contributed by atoms with van der Waals surface area (Å²) in [5.74, 6) is 0.634. The van der Waals surface area contributed by atoms with Crippen molar-refractivity contribution in [2.24, 2.45) is 5.92 Å². The fourth-order valence-electron chi connectivity index (χ4n) is 2.03. The molecule has 1 unspecified atom stereocenters. The van der Waals surface area contributed by atoms with Gasteiger partial charge in [0.2, 0.25) is 5.91 Å². The van der Waals surface area contributed by atoms with Crippen molar-refractivity contribution >= 4 is 5.91 Å². The lowest BCUT2D eigenvalue weighted by Gasteiger charge is -2.23. The van der Waals surface area contributed by atoms with Crippen LogP contribution in [0.3, 0.4) is 0 Å². The Kier molecular flexibility index (Phi) is 3.40. The number of hydrogen-bond acceptors (Lipinski definition) is 2. The Morgan fingerprint density at radius 2 is 2.14 bits per heavy atom. The Morgan fingerprint density at radius 3 is 2.79 bits per heavy atom. The highest BCUT2D eigenvalue weighted by Gasteiger charge is 2.29. The predicted octanol–water partition coefficient (Wildman–Crippen LogP) is 1.04. The molecular formula is C11H20N2O. The highest BCUT2D eigenvalue weighted by molar-refractivity contribution is 5.80. The number of carbonyl (C=O) groups excluding carboxylic acids is 1. The fraction of sp³-hybridized carbons (Fsp3) is 0.909. The van der Waals surface area contributed by atoms with Gasteiger partial charge in [0.25, 0.3) is 0 Å². The molecular weight excluding hydrogens is 176 g/mol. The minimum atomic E-state index is 0.279. The molecule has 3 heteroatoms. The van der Waals surface area contributed by atoms with Gasteiger partial charge in [-0.1, -0.05) is 6.42 Å². The van der Waals surface area contributed by atoms with Gasteiger partial charge in [0.05, 0.1) is 0 Å². The second-order valence-corrected chi connectivity index (χ2v) is 4.50. The molecule has 0 aromatic heterocycles. The van der Waals surface area contributed by atoms with E-state index in [0.717, 1.165) is 32.4 Å². The first-order valence-electron chi connectivity index (χ1n) is 5.87. The maximum Gasteiger partial charge on any atom is 0.223 e. The van der Waals surface area contributed by atoms with E-state index in [2.05, 4.69) is 10.6 Å². The van der Waals surface area contributed by atoms with Crippen molar-refractivity contribution in [2.75, 3.05) is 13.1 Å². The summed E-state index contributed by atoms with van der Waals surface area (Å²) in [6.45, 7) is 2.01. The number of piperidine rings is 1. The van der Waals surface area contributed by atoms with Crippen LogP contribution in [-0.4, -0.2) is 25.0 Å². The molecule has 0 spiro atoms. The van der Waals surface area contributed by atoms with Gasteiger partial charge in [-0.15, -0.1) is 0 Å². The third kappa shape index (κ3) is 2.98. The highest BCUT2D eigenvalue weighted by Crippen LogP contribution is 2.28. The molecule has 1 heterocycles. The van der Waals surface area contributed by atoms with Crippen molar-refractivity contribution < 1.29 is 4.79 Å². The number of nitrogens with one attached hydrogen (secondary N) is 2. The number of amides is 1. The summed E-state index contributed by atoms with van der Waals surface area (Å²) < 4.78 is 0. The lowest BCUT2D eigenvalue weighted by molar-refractivity contribution is -0.122. The van der Waals surface area contributed by atoms with E-state index in [1.165, 1.54) is 19.3 Å². The Bertz CT molecular complexity index is 195. The zero-order valence-electron chi connectivity index (χ0n) is 8.72. The number of carbonyl (C=O) groups is 1. The van der Waals surface area contributed by atoms with Crippen LogP contribution in [0.2, 0.25) is 0 Å². The third-order valence-corrected chi connectivity index (χ3v) is 3.15. The van der Waals surface area contributed by atoms with E-state index in [1.54, 1.807) is 0 Å². The molecule has 0 bridgehead atoms. The van der Waals surface area contributed by atoms with Gasteiger partial charge in [-0.05, 0) is 38.6 Å². The van der Waals surface area contributed by atoms with Crippen molar-refractivity contribution in [3.63, 3.8) is 0 Å². The van der Waals surface area contributed by atoms with E-state index < -0.39 is 0 Å². The van der Waals surface area contributed by atoms with Gasteiger partial charge in [-0.3, -0.25) is 4.79 Å². The van der Waals surface area contributed by atoms with E-state index >= 15 is 0 Å². The first kappa shape index (κ1) is 9.97. The standard InChI is InChI=1S/C11H20N2O/c14-11(9-4-5-9)13-8-6-10-3-1-2-7-12-10/h9-10,12H,1-8H2,(H,13,14). The number of rotatable bonds is 4. The smallest absolute Gasteiger partial charge is 0.223 e. The minimum Gasteiger partial charge on any atom is -0.356 e. The molecule has 1 saturated heterocycles. The van der Waals surface area contributed by atoms with Crippen LogP contribution in [0.25, 0.3) is 0 Å². The maximum atomic E-state index is 11.3. The average Bonchev–Trinajstić information content (AvgIpc) is 3.02. The lowest BCUT2D eigenvalue weighted by Crippen LogP contribution is -2.37. The molecule has 3 nitrogen and oxygen atoms in total. The monoisotopic (exact) mass is 196 g/mol. The Morgan fingerprint density at radius 1 is 1.29 bits per heavy atom. The van der Waals surface area contributed by atoms with Gasteiger partial charge in [-0.25, -0.2) is 0 Å². The lowest BCUT2D eigenvalue weighted by atomic mass is 10.0. The van der Waals surface area contributed by atoms with Crippen molar-refractivity contribution in [2.45, 2.75) is 44.6 Å². The molecule has 1 amide bonds. The maximum absolute atomic E-state index is 11.3. The van der Waals surface area contributed by atoms with Crippen LogP contribution >= 0.6 is 0 Å². The Hall–Kier alpha value is -0.570. The largest absolute Gasteiger partial charge is 0.356 e. The van der Waals surface area contributed by atoms with Crippen molar-refractivity contribution in [1.82, 2.24) is 10.6 Å². The van der Waals surface area contributed by atoms with E-state index in [1.807, 2.05) is 0 Å². The zero-order valence-corrected chi connectivity index (χ0v) is 8.72. The molecule has 2 N–H and O–H groups in total. The molecule has 0 aromatic carbocycles. The molecule has 0 aromatic rings. The molecule has 1 aliphatic heterocycles. The fourth-order valence-corrected chi connectivity index (χ4v) is 2.03. The van der Waals surface area contributed by atoms with Gasteiger partial charge < -0.3 is 10.6 Å². The van der Waals surface area contributed by atoms with E-state index in [0.29, 0.717) is 12.0 Å². The summed E-state index contributed by atoms with van der Waals surface area (Å²) in [5, 5.41) is 6.50. The van der Waals surface area contributed by atoms with Gasteiger partial charge >= 0.3 is 0 Å². The van der Waals surface area contributed by atoms with Crippen LogP contribution in [0, 0.1) is 5.92 Å². The van der Waals surface area contributed by atoms with E-state index in [4.69, 9.17) is 0 Å². The van der Waals surface area contributed by atoms with Crippen molar-refractivity contribution in [3.8, 4) is 0 Å². The molecule has 1 saturated carbocycles. The summed E-state index contributed by atoms with van der Waals surface area (Å²) in [6, 6.07) is 0.642. The van der Waals surface area contributed by atoms with E-state index in [-0.39, 0.29) is 5.91 Å². The van der Waals surface area contributed by atoms with Gasteiger partial charge in [0.1, 0.15) is 0 Å². The highest BCUT2D eigenvalue weighted by atomic mass is 16.2. The molecule has 0 radical (unpaired) electrons. The zero-order chi connectivity index (χ0) is 9.80. The molecule has 80 valence electrons. The minimum absolute atomic E-state index is 0.279. The van der Waals surface area contributed by atoms with Crippen LogP contribution in [0.15, 0.2) is 0 Å². The summed E-state index contributed by atoms with van der Waals surface area (Å²) in [5.41, 5.74) is 0. The van der Waals surface area contributed by atoms with Crippen LogP contribution < -0.4 is 10.6 Å². The second kappa shape index (κ2) is 4.78. The Balaban J connectivity index is 1.54. The first-order valence-corrected chi connectivity index (χ1v) is 5.87. The number of hydrogen-bond donors (Lipinski definition) is 2. The molecule has 1 aliphatic carbocycles. The third-order valence-electron chi connectivity index (χ3n) is 3.15. The van der Waals surface area contributed by atoms with Crippen LogP contribution in [-0.2, 0) is 4.79 Å². The predicted molar refractivity (Wildman–Crippen MR) is 56.0 cm³/mol. The molecule has 2 fully saturated rings. The molecule has 1 atom stereocenters. The molecule has 14 heavy (non-hydrogen) atoms. The van der Waals surface area contributed by atoms with Crippen LogP contribution in [0.1, 0.15) is 38.5 Å². The summed E-state index contributed by atoms with van der Waals surface area (Å²) in [7, 11) is 0. The van der Waals surface area contributed by atoms with Gasteiger partial charge in [-0.2, -0.15) is 0 Å². The second-order valence-electron chi connectivity index (χ2n) is 4.50. The van der Waals surface area contributed by atoms with Crippen molar-refractivity contribution in [3.05, 3.63) is 0 Å². The van der Waals surface area contributed by atoms with E-state index in [9.17, 15) is 4.79 Å². The van der Waals surface area contributed by atoms with Crippen LogP contribution in [0.5, 0.6) is 0 Å². The summed E-state index contributed by atoms with van der Waals surface area (Å²) >= 11 is 0. The summed E-state index contributed by atoms with van der Waals surface area (Å²) in [4.78, 5) is 11.3. The first-order chi connectivity index (χ1) is 6.86.